The van der Waals surface area contributed by atoms with Gasteiger partial charge in [-0.1, -0.05) is 67.9 Å². The van der Waals surface area contributed by atoms with Crippen LogP contribution >= 0.6 is 0 Å². The van der Waals surface area contributed by atoms with Crippen LogP contribution in [-0.2, 0) is 0 Å². The first-order valence-corrected chi connectivity index (χ1v) is 9.76. The van der Waals surface area contributed by atoms with Crippen LogP contribution in [0.15, 0.2) is 54.6 Å². The van der Waals surface area contributed by atoms with Gasteiger partial charge in [-0.25, -0.2) is 0 Å². The van der Waals surface area contributed by atoms with Gasteiger partial charge in [-0.05, 0) is 62.6 Å². The number of nitrogens with one attached hydrogen (secondary N) is 1. The number of nitrogens with zero attached hydrogens (tertiary/aromatic N) is 1. The minimum atomic E-state index is -0.562. The van der Waals surface area contributed by atoms with Crippen molar-refractivity contribution < 1.29 is 5.11 Å². The van der Waals surface area contributed by atoms with E-state index < -0.39 is 6.10 Å². The number of hydrogen-bond donors (Lipinski definition) is 2. The number of aliphatic hydroxyl groups excluding tert-OH is 1. The van der Waals surface area contributed by atoms with Gasteiger partial charge in [-0.2, -0.15) is 0 Å². The summed E-state index contributed by atoms with van der Waals surface area (Å²) in [6, 6.07) is 18.2. The van der Waals surface area contributed by atoms with Gasteiger partial charge >= 0.3 is 0 Å². The molecule has 0 saturated carbocycles. The lowest BCUT2D eigenvalue weighted by Gasteiger charge is -2.17. The Bertz CT molecular complexity index is 627. The molecule has 0 amide bonds. The van der Waals surface area contributed by atoms with E-state index in [1.165, 1.54) is 31.4 Å². The molecular weight excluding hydrogens is 320 g/mol. The number of aliphatic hydroxyl groups is 1. The van der Waals surface area contributed by atoms with E-state index in [0.29, 0.717) is 5.92 Å². The van der Waals surface area contributed by atoms with Gasteiger partial charge < -0.3 is 15.3 Å². The highest BCUT2D eigenvalue weighted by Gasteiger charge is 2.12. The first-order valence-electron chi connectivity index (χ1n) is 9.76. The van der Waals surface area contributed by atoms with Crippen LogP contribution in [-0.4, -0.2) is 43.7 Å². The van der Waals surface area contributed by atoms with Gasteiger partial charge in [0.2, 0.25) is 0 Å². The molecule has 0 radical (unpaired) electrons. The largest absolute Gasteiger partial charge is 0.384 e. The molecule has 0 aliphatic heterocycles. The molecule has 0 saturated heterocycles. The van der Waals surface area contributed by atoms with Crippen molar-refractivity contribution >= 4 is 0 Å². The molecule has 142 valence electrons. The number of benzene rings is 2. The van der Waals surface area contributed by atoms with E-state index in [4.69, 9.17) is 0 Å². The topological polar surface area (TPSA) is 35.5 Å². The van der Waals surface area contributed by atoms with Crippen LogP contribution in [0.4, 0.5) is 0 Å². The van der Waals surface area contributed by atoms with Crippen molar-refractivity contribution in [2.45, 2.75) is 38.2 Å². The maximum atomic E-state index is 10.6. The second-order valence-electron chi connectivity index (χ2n) is 7.45. The highest BCUT2D eigenvalue weighted by atomic mass is 16.3. The maximum absolute atomic E-state index is 10.6. The zero-order valence-electron chi connectivity index (χ0n) is 16.5. The zero-order chi connectivity index (χ0) is 18.8. The Morgan fingerprint density at radius 3 is 2.31 bits per heavy atom. The molecule has 0 aromatic heterocycles. The van der Waals surface area contributed by atoms with Crippen LogP contribution in [0.1, 0.15) is 54.9 Å². The molecule has 2 aromatic carbocycles. The number of unbranched alkanes of at least 4 members (excludes halogenated alkanes) is 2. The molecule has 26 heavy (non-hydrogen) atoms. The van der Waals surface area contributed by atoms with Crippen molar-refractivity contribution in [3.8, 4) is 0 Å². The Kier molecular flexibility index (Phi) is 8.82. The quantitative estimate of drug-likeness (QED) is 0.594. The fourth-order valence-corrected chi connectivity index (χ4v) is 3.15. The second kappa shape index (κ2) is 11.1. The minimum Gasteiger partial charge on any atom is -0.384 e. The van der Waals surface area contributed by atoms with Crippen LogP contribution in [0.3, 0.4) is 0 Å². The van der Waals surface area contributed by atoms with E-state index in [1.54, 1.807) is 0 Å². The predicted molar refractivity (Wildman–Crippen MR) is 111 cm³/mol. The van der Waals surface area contributed by atoms with Gasteiger partial charge in [0.25, 0.3) is 0 Å². The molecule has 0 spiro atoms. The monoisotopic (exact) mass is 354 g/mol. The lowest BCUT2D eigenvalue weighted by atomic mass is 9.95. The summed E-state index contributed by atoms with van der Waals surface area (Å²) in [5, 5.41) is 14.2. The van der Waals surface area contributed by atoms with Crippen LogP contribution in [0.2, 0.25) is 0 Å². The Labute approximate surface area is 159 Å². The van der Waals surface area contributed by atoms with Crippen molar-refractivity contribution in [1.29, 1.82) is 0 Å². The molecular formula is C23H34N2O. The van der Waals surface area contributed by atoms with E-state index in [2.05, 4.69) is 49.4 Å². The van der Waals surface area contributed by atoms with Crippen molar-refractivity contribution in [3.05, 3.63) is 71.3 Å². The molecule has 0 fully saturated rings. The van der Waals surface area contributed by atoms with Gasteiger partial charge in [0, 0.05) is 6.54 Å². The molecule has 2 N–H and O–H groups in total. The number of hydrogen-bond acceptors (Lipinski definition) is 3. The summed E-state index contributed by atoms with van der Waals surface area (Å²) in [5.74, 6) is 0.430. The van der Waals surface area contributed by atoms with Crippen molar-refractivity contribution in [2.75, 3.05) is 33.7 Å². The van der Waals surface area contributed by atoms with Crippen molar-refractivity contribution in [1.82, 2.24) is 10.2 Å². The maximum Gasteiger partial charge on any atom is 0.104 e. The average Bonchev–Trinajstić information content (AvgIpc) is 2.67. The summed E-state index contributed by atoms with van der Waals surface area (Å²) in [4.78, 5) is 2.24. The van der Waals surface area contributed by atoms with Gasteiger partial charge in [-0.15, -0.1) is 0 Å². The summed E-state index contributed by atoms with van der Waals surface area (Å²) in [7, 11) is 4.26. The molecule has 0 bridgehead atoms. The average molecular weight is 355 g/mol. The fourth-order valence-electron chi connectivity index (χ4n) is 3.15. The first kappa shape index (κ1) is 20.6. The van der Waals surface area contributed by atoms with Gasteiger partial charge in [0.1, 0.15) is 6.10 Å². The van der Waals surface area contributed by atoms with Gasteiger partial charge in [0.15, 0.2) is 0 Å². The number of rotatable bonds is 11. The smallest absolute Gasteiger partial charge is 0.104 e. The third kappa shape index (κ3) is 6.91. The molecule has 0 heterocycles. The lowest BCUT2D eigenvalue weighted by Crippen LogP contribution is -2.21. The highest BCUT2D eigenvalue weighted by Crippen LogP contribution is 2.25. The normalized spacial score (nSPS) is 13.7. The second-order valence-corrected chi connectivity index (χ2v) is 7.45. The molecule has 3 heteroatoms. The third-order valence-corrected chi connectivity index (χ3v) is 4.82. The standard InChI is InChI=1S/C23H34N2O/c1-19(18-24-15-8-5-9-16-25(2)3)21-13-10-14-22(17-21)23(26)20-11-6-4-7-12-20/h4,6-7,10-14,17,19,23-24,26H,5,8-9,15-16,18H2,1-3H3. The van der Waals surface area contributed by atoms with E-state index in [1.807, 2.05) is 36.4 Å². The van der Waals surface area contributed by atoms with E-state index in [-0.39, 0.29) is 0 Å². The molecule has 0 aliphatic rings. The Hall–Kier alpha value is -1.68. The Balaban J connectivity index is 1.79. The Morgan fingerprint density at radius 2 is 1.58 bits per heavy atom. The lowest BCUT2D eigenvalue weighted by molar-refractivity contribution is 0.220. The summed E-state index contributed by atoms with van der Waals surface area (Å²) in [6.45, 7) is 5.46. The zero-order valence-corrected chi connectivity index (χ0v) is 16.5. The molecule has 2 rings (SSSR count). The van der Waals surface area contributed by atoms with Crippen LogP contribution in [0.25, 0.3) is 0 Å². The highest BCUT2D eigenvalue weighted by molar-refractivity contribution is 5.33. The molecule has 2 atom stereocenters. The molecule has 0 aliphatic carbocycles. The van der Waals surface area contributed by atoms with Crippen LogP contribution in [0, 0.1) is 0 Å². The van der Waals surface area contributed by atoms with E-state index in [0.717, 1.165) is 24.2 Å². The predicted octanol–water partition coefficient (Wildman–Crippen LogP) is 4.19. The van der Waals surface area contributed by atoms with E-state index >= 15 is 0 Å². The van der Waals surface area contributed by atoms with Crippen LogP contribution in [0.5, 0.6) is 0 Å². The summed E-state index contributed by atoms with van der Waals surface area (Å²) in [5.41, 5.74) is 3.18. The van der Waals surface area contributed by atoms with Crippen molar-refractivity contribution in [3.63, 3.8) is 0 Å². The first-order chi connectivity index (χ1) is 12.6. The Morgan fingerprint density at radius 1 is 0.885 bits per heavy atom. The summed E-state index contributed by atoms with van der Waals surface area (Å²) < 4.78 is 0. The van der Waals surface area contributed by atoms with E-state index in [9.17, 15) is 5.11 Å². The van der Waals surface area contributed by atoms with Gasteiger partial charge in [0.05, 0.1) is 0 Å². The fraction of sp³-hybridized carbons (Fsp3) is 0.478. The minimum absolute atomic E-state index is 0.430. The molecule has 2 unspecified atom stereocenters. The summed E-state index contributed by atoms with van der Waals surface area (Å²) in [6.07, 6.45) is 3.21. The molecule has 2 aromatic rings. The van der Waals surface area contributed by atoms with Crippen molar-refractivity contribution in [2.24, 2.45) is 0 Å². The third-order valence-electron chi connectivity index (χ3n) is 4.82. The van der Waals surface area contributed by atoms with Gasteiger partial charge in [-0.3, -0.25) is 0 Å². The molecule has 3 nitrogen and oxygen atoms in total. The SMILES string of the molecule is CC(CNCCCCCN(C)C)c1cccc(C(O)c2ccccc2)c1. The summed E-state index contributed by atoms with van der Waals surface area (Å²) >= 11 is 0. The van der Waals surface area contributed by atoms with Crippen LogP contribution < -0.4 is 5.32 Å².